The third kappa shape index (κ3) is 71.1. The fourth-order valence-corrected chi connectivity index (χ4v) is 13.7. The summed E-state index contributed by atoms with van der Waals surface area (Å²) in [7, 11) is -9.92. The molecule has 0 heterocycles. The highest BCUT2D eigenvalue weighted by Gasteiger charge is 2.30. The maximum Gasteiger partial charge on any atom is 0.472 e. The summed E-state index contributed by atoms with van der Waals surface area (Å²) in [4.78, 5) is 72.9. The number of rotatable bonds is 77. The molecule has 3 unspecified atom stereocenters. The van der Waals surface area contributed by atoms with E-state index in [4.69, 9.17) is 37.0 Å². The molecule has 0 saturated carbocycles. The van der Waals surface area contributed by atoms with Crippen LogP contribution in [0.1, 0.15) is 408 Å². The highest BCUT2D eigenvalue weighted by atomic mass is 31.2. The van der Waals surface area contributed by atoms with E-state index in [0.29, 0.717) is 25.7 Å². The molecule has 0 amide bonds. The fourth-order valence-electron chi connectivity index (χ4n) is 12.1. The molecule has 0 saturated heterocycles. The SMILES string of the molecule is CCCCCCCCCCCCCCCCCCCCC(=O)OC[C@H](COP(=O)(O)OC[C@@H](O)COP(=O)(O)OC[C@@H](COC(=O)CCCCCCCCCCC(C)C)OC(=O)CCCCCCCCCCC(C)C)OC(=O)CCCCCCCCCCCCCCCCC(C)CC. The van der Waals surface area contributed by atoms with Gasteiger partial charge in [-0.15, -0.1) is 0 Å². The molecule has 582 valence electrons. The van der Waals surface area contributed by atoms with Crippen molar-refractivity contribution in [3.05, 3.63) is 0 Å². The van der Waals surface area contributed by atoms with Crippen molar-refractivity contribution in [1.82, 2.24) is 0 Å². The summed E-state index contributed by atoms with van der Waals surface area (Å²) < 4.78 is 68.6. The van der Waals surface area contributed by atoms with E-state index >= 15 is 0 Å². The lowest BCUT2D eigenvalue weighted by Gasteiger charge is -2.21. The van der Waals surface area contributed by atoms with Gasteiger partial charge >= 0.3 is 39.5 Å². The van der Waals surface area contributed by atoms with Gasteiger partial charge in [-0.3, -0.25) is 37.3 Å². The molecule has 0 spiro atoms. The van der Waals surface area contributed by atoms with E-state index in [-0.39, 0.29) is 25.7 Å². The lowest BCUT2D eigenvalue weighted by molar-refractivity contribution is -0.161. The predicted octanol–water partition coefficient (Wildman–Crippen LogP) is 23.4. The molecule has 0 rings (SSSR count). The van der Waals surface area contributed by atoms with Crippen molar-refractivity contribution in [3.63, 3.8) is 0 Å². The van der Waals surface area contributed by atoms with Crippen LogP contribution in [0.5, 0.6) is 0 Å². The van der Waals surface area contributed by atoms with E-state index in [2.05, 4.69) is 48.5 Å². The Morgan fingerprint density at radius 2 is 0.520 bits per heavy atom. The van der Waals surface area contributed by atoms with Crippen molar-refractivity contribution < 1.29 is 80.2 Å². The smallest absolute Gasteiger partial charge is 0.462 e. The predicted molar refractivity (Wildman–Crippen MR) is 400 cm³/mol. The van der Waals surface area contributed by atoms with Crippen LogP contribution in [0.15, 0.2) is 0 Å². The van der Waals surface area contributed by atoms with Crippen molar-refractivity contribution >= 4 is 39.5 Å². The van der Waals surface area contributed by atoms with Gasteiger partial charge in [-0.25, -0.2) is 9.13 Å². The maximum atomic E-state index is 13.1. The van der Waals surface area contributed by atoms with Crippen molar-refractivity contribution in [2.45, 2.75) is 426 Å². The lowest BCUT2D eigenvalue weighted by Crippen LogP contribution is -2.30. The number of aliphatic hydroxyl groups excluding tert-OH is 1. The summed E-state index contributed by atoms with van der Waals surface area (Å²) in [5.41, 5.74) is 0. The molecule has 0 bridgehead atoms. The number of phosphoric acid groups is 2. The van der Waals surface area contributed by atoms with Crippen molar-refractivity contribution in [1.29, 1.82) is 0 Å². The first-order chi connectivity index (χ1) is 47.3. The average Bonchev–Trinajstić information content (AvgIpc) is 1.06. The van der Waals surface area contributed by atoms with Crippen LogP contribution in [0.25, 0.3) is 0 Å². The van der Waals surface area contributed by atoms with E-state index in [1.165, 1.54) is 218 Å². The Morgan fingerprint density at radius 3 is 0.776 bits per heavy atom. The van der Waals surface area contributed by atoms with Crippen LogP contribution in [0.2, 0.25) is 0 Å². The van der Waals surface area contributed by atoms with Crippen LogP contribution >= 0.6 is 15.6 Å². The molecule has 0 fully saturated rings. The number of hydrogen-bond donors (Lipinski definition) is 3. The zero-order valence-electron chi connectivity index (χ0n) is 64.3. The second kappa shape index (κ2) is 69.4. The minimum absolute atomic E-state index is 0.104. The molecule has 98 heavy (non-hydrogen) atoms. The summed E-state index contributed by atoms with van der Waals surface area (Å²) in [5.74, 6) is 0.174. The van der Waals surface area contributed by atoms with E-state index in [1.807, 2.05) is 0 Å². The number of phosphoric ester groups is 2. The van der Waals surface area contributed by atoms with E-state index in [1.54, 1.807) is 0 Å². The topological polar surface area (TPSA) is 237 Å². The molecule has 0 aliphatic rings. The number of aliphatic hydroxyl groups is 1. The molecule has 0 aliphatic heterocycles. The number of ether oxygens (including phenoxy) is 4. The summed E-state index contributed by atoms with van der Waals surface area (Å²) >= 11 is 0. The normalized spacial score (nSPS) is 14.3. The van der Waals surface area contributed by atoms with Gasteiger partial charge in [0.1, 0.15) is 19.3 Å². The Bertz CT molecular complexity index is 1910. The Hall–Kier alpha value is -1.94. The second-order valence-corrected chi connectivity index (χ2v) is 32.6. The van der Waals surface area contributed by atoms with Gasteiger partial charge in [0.15, 0.2) is 12.2 Å². The second-order valence-electron chi connectivity index (χ2n) is 29.6. The van der Waals surface area contributed by atoms with Crippen molar-refractivity contribution in [2.24, 2.45) is 17.8 Å². The molecular weight excluding hydrogens is 1280 g/mol. The van der Waals surface area contributed by atoms with Crippen LogP contribution in [-0.2, 0) is 65.4 Å². The van der Waals surface area contributed by atoms with Crippen molar-refractivity contribution in [2.75, 3.05) is 39.6 Å². The fraction of sp³-hybridized carbons (Fsp3) is 0.949. The number of esters is 4. The Morgan fingerprint density at radius 1 is 0.296 bits per heavy atom. The average molecular weight is 1440 g/mol. The van der Waals surface area contributed by atoms with Gasteiger partial charge in [-0.2, -0.15) is 0 Å². The quantitative estimate of drug-likeness (QED) is 0.0222. The molecule has 0 aromatic rings. The Labute approximate surface area is 600 Å². The summed E-state index contributed by atoms with van der Waals surface area (Å²) in [6.45, 7) is 11.9. The van der Waals surface area contributed by atoms with E-state index in [0.717, 1.165) is 108 Å². The molecular formula is C79H154O17P2. The van der Waals surface area contributed by atoms with Gasteiger partial charge in [-0.1, -0.05) is 357 Å². The maximum absolute atomic E-state index is 13.1. The summed E-state index contributed by atoms with van der Waals surface area (Å²) in [6.07, 6.45) is 57.0. The van der Waals surface area contributed by atoms with Crippen LogP contribution in [0.3, 0.4) is 0 Å². The molecule has 0 aliphatic carbocycles. The molecule has 19 heteroatoms. The molecule has 3 N–H and O–H groups in total. The van der Waals surface area contributed by atoms with Gasteiger partial charge in [0.2, 0.25) is 0 Å². The van der Waals surface area contributed by atoms with Crippen LogP contribution in [0, 0.1) is 17.8 Å². The minimum Gasteiger partial charge on any atom is -0.462 e. The number of hydrogen-bond acceptors (Lipinski definition) is 15. The first-order valence-electron chi connectivity index (χ1n) is 40.9. The van der Waals surface area contributed by atoms with E-state index in [9.17, 15) is 43.2 Å². The first-order valence-corrected chi connectivity index (χ1v) is 43.9. The number of carbonyl (C=O) groups excluding carboxylic acids is 4. The van der Waals surface area contributed by atoms with Crippen LogP contribution < -0.4 is 0 Å². The van der Waals surface area contributed by atoms with Crippen LogP contribution in [-0.4, -0.2) is 96.7 Å². The minimum atomic E-state index is -4.96. The van der Waals surface area contributed by atoms with Gasteiger partial charge in [0.25, 0.3) is 0 Å². The summed E-state index contributed by atoms with van der Waals surface area (Å²) in [5, 5.41) is 10.6. The largest absolute Gasteiger partial charge is 0.472 e. The lowest BCUT2D eigenvalue weighted by atomic mass is 9.99. The Kier molecular flexibility index (Phi) is 68.1. The van der Waals surface area contributed by atoms with Gasteiger partial charge in [0, 0.05) is 25.7 Å². The van der Waals surface area contributed by atoms with Gasteiger partial charge < -0.3 is 33.8 Å². The molecule has 0 aromatic carbocycles. The van der Waals surface area contributed by atoms with Gasteiger partial charge in [-0.05, 0) is 43.4 Å². The van der Waals surface area contributed by atoms with Crippen LogP contribution in [0.4, 0.5) is 0 Å². The molecule has 0 aromatic heterocycles. The Balaban J connectivity index is 5.24. The highest BCUT2D eigenvalue weighted by molar-refractivity contribution is 7.47. The first kappa shape index (κ1) is 96.1. The molecule has 0 radical (unpaired) electrons. The molecule has 6 atom stereocenters. The van der Waals surface area contributed by atoms with E-state index < -0.39 is 97.5 Å². The third-order valence-electron chi connectivity index (χ3n) is 18.7. The molecule has 17 nitrogen and oxygen atoms in total. The zero-order chi connectivity index (χ0) is 72.3. The standard InChI is InChI=1S/C79H154O17P2/c1-8-10-11-12-13-14-15-16-17-18-19-20-24-27-30-39-46-53-60-76(81)89-66-74(95-78(83)62-55-48-41-31-28-25-22-21-23-26-29-38-45-52-59-72(7)9-2)68-93-97(85,86)91-64-73(80)65-92-98(87,88)94-69-75(96-79(84)63-56-49-42-35-33-37-44-51-58-71(5)6)67-90-77(82)61-54-47-40-34-32-36-43-50-57-70(3)4/h70-75,80H,8-69H2,1-7H3,(H,85,86)(H,87,88)/t72?,73-,74-,75-/m1/s1. The highest BCUT2D eigenvalue weighted by Crippen LogP contribution is 2.45. The number of unbranched alkanes of at least 4 members (excludes halogenated alkanes) is 44. The third-order valence-corrected chi connectivity index (χ3v) is 20.6. The van der Waals surface area contributed by atoms with Gasteiger partial charge in [0.05, 0.1) is 26.4 Å². The number of carbonyl (C=O) groups is 4. The summed E-state index contributed by atoms with van der Waals surface area (Å²) in [6, 6.07) is 0. The zero-order valence-corrected chi connectivity index (χ0v) is 66.0. The van der Waals surface area contributed by atoms with Crippen molar-refractivity contribution in [3.8, 4) is 0 Å². The monoisotopic (exact) mass is 1440 g/mol.